The number of hydrogen-bond acceptors (Lipinski definition) is 4. The van der Waals surface area contributed by atoms with Gasteiger partial charge in [-0.2, -0.15) is 5.10 Å². The molecule has 0 radical (unpaired) electrons. The maximum atomic E-state index is 12.2. The summed E-state index contributed by atoms with van der Waals surface area (Å²) in [6.07, 6.45) is 3.10. The summed E-state index contributed by atoms with van der Waals surface area (Å²) in [6, 6.07) is 7.32. The first-order chi connectivity index (χ1) is 11.6. The van der Waals surface area contributed by atoms with Crippen molar-refractivity contribution in [3.05, 3.63) is 47.6 Å². The third-order valence-corrected chi connectivity index (χ3v) is 4.05. The number of benzene rings is 1. The summed E-state index contributed by atoms with van der Waals surface area (Å²) in [4.78, 5) is 16.6. The van der Waals surface area contributed by atoms with Crippen LogP contribution in [0.3, 0.4) is 0 Å². The largest absolute Gasteiger partial charge is 0.438 e. The van der Waals surface area contributed by atoms with Crippen LogP contribution in [0, 0.1) is 6.92 Å². The van der Waals surface area contributed by atoms with Crippen molar-refractivity contribution < 1.29 is 9.21 Å². The quantitative estimate of drug-likeness (QED) is 0.755. The monoisotopic (exact) mass is 326 g/mol. The Morgan fingerprint density at radius 3 is 2.88 bits per heavy atom. The molecule has 1 N–H and O–H groups in total. The first-order valence-electron chi connectivity index (χ1n) is 8.24. The highest BCUT2D eigenvalue weighted by Gasteiger charge is 2.16. The summed E-state index contributed by atoms with van der Waals surface area (Å²) in [5.41, 5.74) is 3.63. The molecule has 1 unspecified atom stereocenters. The van der Waals surface area contributed by atoms with Gasteiger partial charge in [0.15, 0.2) is 5.58 Å². The number of carbonyl (C=O) groups is 1. The second-order valence-electron chi connectivity index (χ2n) is 5.90. The van der Waals surface area contributed by atoms with Crippen molar-refractivity contribution in [2.75, 3.05) is 0 Å². The van der Waals surface area contributed by atoms with E-state index in [2.05, 4.69) is 15.4 Å². The van der Waals surface area contributed by atoms with Crippen LogP contribution in [-0.4, -0.2) is 20.7 Å². The Balaban J connectivity index is 1.58. The Kier molecular flexibility index (Phi) is 4.64. The second kappa shape index (κ2) is 6.86. The van der Waals surface area contributed by atoms with E-state index in [0.29, 0.717) is 18.7 Å². The number of rotatable bonds is 6. The maximum absolute atomic E-state index is 12.2. The van der Waals surface area contributed by atoms with Crippen molar-refractivity contribution in [1.29, 1.82) is 0 Å². The Bertz CT molecular complexity index is 817. The van der Waals surface area contributed by atoms with Gasteiger partial charge < -0.3 is 9.73 Å². The number of aromatic nitrogens is 3. The lowest BCUT2D eigenvalue weighted by Crippen LogP contribution is -2.27. The molecule has 0 aliphatic carbocycles. The van der Waals surface area contributed by atoms with Crippen molar-refractivity contribution >= 4 is 17.0 Å². The van der Waals surface area contributed by atoms with Gasteiger partial charge in [-0.1, -0.05) is 12.1 Å². The number of oxazole rings is 1. The van der Waals surface area contributed by atoms with Crippen molar-refractivity contribution in [3.63, 3.8) is 0 Å². The summed E-state index contributed by atoms with van der Waals surface area (Å²) >= 11 is 0. The number of fused-ring (bicyclic) bond motifs is 1. The topological polar surface area (TPSA) is 73.0 Å². The Morgan fingerprint density at radius 2 is 2.17 bits per heavy atom. The predicted octanol–water partition coefficient (Wildman–Crippen LogP) is 3.16. The van der Waals surface area contributed by atoms with E-state index in [0.717, 1.165) is 28.9 Å². The third-order valence-electron chi connectivity index (χ3n) is 4.05. The van der Waals surface area contributed by atoms with E-state index in [9.17, 15) is 4.79 Å². The molecule has 3 rings (SSSR count). The molecule has 0 spiro atoms. The van der Waals surface area contributed by atoms with Crippen molar-refractivity contribution in [3.8, 4) is 0 Å². The van der Waals surface area contributed by atoms with Gasteiger partial charge in [-0.05, 0) is 44.9 Å². The van der Waals surface area contributed by atoms with Gasteiger partial charge in [0.05, 0.1) is 5.69 Å². The van der Waals surface area contributed by atoms with Crippen LogP contribution in [0.15, 0.2) is 34.9 Å². The zero-order chi connectivity index (χ0) is 17.1. The van der Waals surface area contributed by atoms with Gasteiger partial charge in [0.2, 0.25) is 11.8 Å². The van der Waals surface area contributed by atoms with Crippen LogP contribution < -0.4 is 5.32 Å². The number of carbonyl (C=O) groups excluding carboxylic acids is 1. The molecule has 0 aliphatic rings. The zero-order valence-corrected chi connectivity index (χ0v) is 14.2. The molecule has 1 amide bonds. The first-order valence-corrected chi connectivity index (χ1v) is 8.24. The molecule has 0 fully saturated rings. The van der Waals surface area contributed by atoms with Gasteiger partial charge >= 0.3 is 0 Å². The van der Waals surface area contributed by atoms with E-state index in [1.54, 1.807) is 0 Å². The van der Waals surface area contributed by atoms with Gasteiger partial charge in [0, 0.05) is 19.2 Å². The summed E-state index contributed by atoms with van der Waals surface area (Å²) in [6.45, 7) is 6.73. The van der Waals surface area contributed by atoms with Gasteiger partial charge in [-0.15, -0.1) is 0 Å². The predicted molar refractivity (Wildman–Crippen MR) is 91.5 cm³/mol. The maximum Gasteiger partial charge on any atom is 0.220 e. The van der Waals surface area contributed by atoms with Crippen LogP contribution in [-0.2, 0) is 17.8 Å². The minimum Gasteiger partial charge on any atom is -0.438 e. The number of para-hydroxylation sites is 2. The lowest BCUT2D eigenvalue weighted by atomic mass is 10.1. The molecule has 6 nitrogen and oxygen atoms in total. The molecule has 0 bridgehead atoms. The second-order valence-corrected chi connectivity index (χ2v) is 5.90. The average Bonchev–Trinajstić information content (AvgIpc) is 3.16. The van der Waals surface area contributed by atoms with E-state index >= 15 is 0 Å². The zero-order valence-electron chi connectivity index (χ0n) is 14.2. The number of hydrogen-bond donors (Lipinski definition) is 1. The fourth-order valence-corrected chi connectivity index (χ4v) is 2.67. The standard InChI is InChI=1S/C18H22N4O2/c1-4-22-11-14(12(2)21-22)9-10-17(23)19-13(3)18-20-15-7-5-6-8-16(15)24-18/h5-8,11,13H,4,9-10H2,1-3H3,(H,19,23). The fraction of sp³-hybridized carbons (Fsp3) is 0.389. The number of aryl methyl sites for hydroxylation is 3. The number of amides is 1. The van der Waals surface area contributed by atoms with Gasteiger partial charge in [-0.25, -0.2) is 4.98 Å². The van der Waals surface area contributed by atoms with Gasteiger partial charge in [0.1, 0.15) is 11.6 Å². The Hall–Kier alpha value is -2.63. The van der Waals surface area contributed by atoms with Crippen molar-refractivity contribution in [2.45, 2.75) is 46.2 Å². The highest BCUT2D eigenvalue weighted by atomic mass is 16.3. The molecule has 126 valence electrons. The Morgan fingerprint density at radius 1 is 1.38 bits per heavy atom. The highest BCUT2D eigenvalue weighted by molar-refractivity contribution is 5.77. The SMILES string of the molecule is CCn1cc(CCC(=O)NC(C)c2nc3ccccc3o2)c(C)n1. The van der Waals surface area contributed by atoms with Crippen LogP contribution in [0.5, 0.6) is 0 Å². The molecule has 24 heavy (non-hydrogen) atoms. The molecule has 1 aromatic carbocycles. The van der Waals surface area contributed by atoms with Crippen LogP contribution in [0.4, 0.5) is 0 Å². The van der Waals surface area contributed by atoms with Gasteiger partial charge in [-0.3, -0.25) is 9.48 Å². The Labute approximate surface area is 140 Å². The summed E-state index contributed by atoms with van der Waals surface area (Å²) < 4.78 is 7.58. The van der Waals surface area contributed by atoms with Crippen LogP contribution in [0.2, 0.25) is 0 Å². The third kappa shape index (κ3) is 3.48. The fourth-order valence-electron chi connectivity index (χ4n) is 2.67. The number of nitrogens with one attached hydrogen (secondary N) is 1. The number of nitrogens with zero attached hydrogens (tertiary/aromatic N) is 3. The van der Waals surface area contributed by atoms with Crippen LogP contribution in [0.25, 0.3) is 11.1 Å². The summed E-state index contributed by atoms with van der Waals surface area (Å²) in [5.74, 6) is 0.507. The molecule has 1 atom stereocenters. The lowest BCUT2D eigenvalue weighted by molar-refractivity contribution is -0.121. The van der Waals surface area contributed by atoms with E-state index in [1.807, 2.05) is 55.9 Å². The molecule has 3 aromatic rings. The molecule has 2 aromatic heterocycles. The van der Waals surface area contributed by atoms with E-state index < -0.39 is 0 Å². The van der Waals surface area contributed by atoms with Crippen molar-refractivity contribution in [2.24, 2.45) is 0 Å². The van der Waals surface area contributed by atoms with Crippen LogP contribution in [0.1, 0.15) is 43.5 Å². The van der Waals surface area contributed by atoms with Gasteiger partial charge in [0.25, 0.3) is 0 Å². The highest BCUT2D eigenvalue weighted by Crippen LogP contribution is 2.19. The van der Waals surface area contributed by atoms with E-state index in [-0.39, 0.29) is 11.9 Å². The normalized spacial score (nSPS) is 12.5. The summed E-state index contributed by atoms with van der Waals surface area (Å²) in [5, 5.41) is 7.35. The average molecular weight is 326 g/mol. The first kappa shape index (κ1) is 16.2. The van der Waals surface area contributed by atoms with E-state index in [1.165, 1.54) is 0 Å². The molecular formula is C18H22N4O2. The molecular weight excluding hydrogens is 304 g/mol. The molecule has 0 saturated carbocycles. The van der Waals surface area contributed by atoms with E-state index in [4.69, 9.17) is 4.42 Å². The molecule has 0 aliphatic heterocycles. The van der Waals surface area contributed by atoms with Crippen molar-refractivity contribution in [1.82, 2.24) is 20.1 Å². The molecule has 6 heteroatoms. The molecule has 2 heterocycles. The summed E-state index contributed by atoms with van der Waals surface area (Å²) in [7, 11) is 0. The van der Waals surface area contributed by atoms with Crippen LogP contribution >= 0.6 is 0 Å². The molecule has 0 saturated heterocycles. The smallest absolute Gasteiger partial charge is 0.220 e. The lowest BCUT2D eigenvalue weighted by Gasteiger charge is -2.10. The minimum atomic E-state index is -0.260. The minimum absolute atomic E-state index is 0.0200.